The maximum absolute atomic E-state index is 2.96. The van der Waals surface area contributed by atoms with E-state index in [1.807, 2.05) is 0 Å². The highest BCUT2D eigenvalue weighted by atomic mass is 28.3. The van der Waals surface area contributed by atoms with Gasteiger partial charge in [0.25, 0.3) is 0 Å². The van der Waals surface area contributed by atoms with Crippen LogP contribution in [-0.2, 0) is 5.41 Å². The highest BCUT2D eigenvalue weighted by molar-refractivity contribution is 6.80. The van der Waals surface area contributed by atoms with Gasteiger partial charge in [-0.3, -0.25) is 0 Å². The molecule has 0 nitrogen and oxygen atoms in total. The number of fused-ring (bicyclic) bond motifs is 3. The second-order valence-electron chi connectivity index (χ2n) is 20.3. The standard InChI is InChI=1S/C49H68Si/c1-31(2)41-30-42-37(33-25-27-36(28-26-33)49(4,5)6)21-15-24-40(42)48(41)50(7,8)47-32(3)29-43-44(34-17-11-9-12-18-34)38-22-16-23-39(38)45(46(43)47)35-19-13-10-14-20-35/h9-14,17-20,25-28,31-32,37-48H,15-16,21-24,29-30H2,1-8H3. The molecule has 5 saturated carbocycles. The van der Waals surface area contributed by atoms with E-state index >= 15 is 0 Å². The molecular formula is C49H68Si. The van der Waals surface area contributed by atoms with E-state index < -0.39 is 8.07 Å². The van der Waals surface area contributed by atoms with E-state index in [0.717, 1.165) is 82.1 Å². The number of benzene rings is 3. The highest BCUT2D eigenvalue weighted by Crippen LogP contribution is 2.72. The molecule has 8 rings (SSSR count). The molecule has 3 aromatic rings. The summed E-state index contributed by atoms with van der Waals surface area (Å²) in [6.45, 7) is 21.0. The van der Waals surface area contributed by atoms with Crippen molar-refractivity contribution in [1.29, 1.82) is 0 Å². The maximum atomic E-state index is 2.96. The van der Waals surface area contributed by atoms with Crippen molar-refractivity contribution in [2.24, 2.45) is 53.3 Å². The van der Waals surface area contributed by atoms with E-state index in [0.29, 0.717) is 0 Å². The van der Waals surface area contributed by atoms with Gasteiger partial charge in [-0.2, -0.15) is 0 Å². The van der Waals surface area contributed by atoms with Crippen LogP contribution in [0, 0.1) is 53.3 Å². The van der Waals surface area contributed by atoms with Gasteiger partial charge < -0.3 is 0 Å². The molecule has 13 unspecified atom stereocenters. The SMILES string of the molecule is CC(C)C1CC2C(c3ccc(C(C)(C)C)cc3)CCCC2C1[Si](C)(C)C1C(C)CC2C(c3ccccc3)C3CCCC3C(c3ccccc3)C21. The minimum Gasteiger partial charge on any atom is -0.0689 e. The molecule has 5 aliphatic carbocycles. The van der Waals surface area contributed by atoms with E-state index in [-0.39, 0.29) is 5.41 Å². The number of hydrogen-bond acceptors (Lipinski definition) is 0. The van der Waals surface area contributed by atoms with Gasteiger partial charge in [0.05, 0.1) is 8.07 Å². The Morgan fingerprint density at radius 2 is 1.14 bits per heavy atom. The number of rotatable bonds is 6. The fourth-order valence-electron chi connectivity index (χ4n) is 14.8. The van der Waals surface area contributed by atoms with Crippen molar-refractivity contribution in [1.82, 2.24) is 0 Å². The van der Waals surface area contributed by atoms with Crippen LogP contribution in [0.5, 0.6) is 0 Å². The third kappa shape index (κ3) is 5.83. The van der Waals surface area contributed by atoms with Crippen LogP contribution in [-0.4, -0.2) is 8.07 Å². The lowest BCUT2D eigenvalue weighted by Gasteiger charge is -2.54. The minimum atomic E-state index is -1.76. The topological polar surface area (TPSA) is 0 Å². The molecule has 5 fully saturated rings. The van der Waals surface area contributed by atoms with Crippen LogP contribution in [0.3, 0.4) is 0 Å². The summed E-state index contributed by atoms with van der Waals surface area (Å²) in [5.41, 5.74) is 8.57. The Bertz CT molecular complexity index is 1580. The first-order chi connectivity index (χ1) is 24.0. The molecule has 50 heavy (non-hydrogen) atoms. The lowest BCUT2D eigenvalue weighted by Crippen LogP contribution is -2.50. The summed E-state index contributed by atoms with van der Waals surface area (Å²) in [5, 5.41) is 0. The summed E-state index contributed by atoms with van der Waals surface area (Å²) in [4.78, 5) is 0. The van der Waals surface area contributed by atoms with Gasteiger partial charge in [0.1, 0.15) is 0 Å². The van der Waals surface area contributed by atoms with Crippen molar-refractivity contribution < 1.29 is 0 Å². The van der Waals surface area contributed by atoms with E-state index in [4.69, 9.17) is 0 Å². The van der Waals surface area contributed by atoms with Crippen molar-refractivity contribution >= 4 is 8.07 Å². The molecule has 0 heterocycles. The lowest BCUT2D eigenvalue weighted by molar-refractivity contribution is 0.0905. The molecule has 0 spiro atoms. The molecule has 0 aliphatic heterocycles. The summed E-state index contributed by atoms with van der Waals surface area (Å²) in [5.74, 6) is 9.86. The highest BCUT2D eigenvalue weighted by Gasteiger charge is 2.64. The first kappa shape index (κ1) is 34.9. The summed E-state index contributed by atoms with van der Waals surface area (Å²) < 4.78 is 0. The maximum Gasteiger partial charge on any atom is 0.0547 e. The van der Waals surface area contributed by atoms with Crippen molar-refractivity contribution in [3.05, 3.63) is 107 Å². The second kappa shape index (κ2) is 13.4. The molecule has 5 aliphatic rings. The van der Waals surface area contributed by atoms with Gasteiger partial charge in [0.2, 0.25) is 0 Å². The first-order valence-electron chi connectivity index (χ1n) is 21.2. The fourth-order valence-corrected chi connectivity index (χ4v) is 21.5. The predicted octanol–water partition coefficient (Wildman–Crippen LogP) is 13.9. The molecule has 13 atom stereocenters. The van der Waals surface area contributed by atoms with E-state index in [9.17, 15) is 0 Å². The molecular weight excluding hydrogens is 617 g/mol. The molecule has 0 bridgehead atoms. The largest absolute Gasteiger partial charge is 0.0689 e. The van der Waals surface area contributed by atoms with Crippen LogP contribution >= 0.6 is 0 Å². The van der Waals surface area contributed by atoms with Crippen LogP contribution in [0.25, 0.3) is 0 Å². The van der Waals surface area contributed by atoms with Gasteiger partial charge in [-0.1, -0.05) is 159 Å². The van der Waals surface area contributed by atoms with Crippen LogP contribution < -0.4 is 0 Å². The molecule has 268 valence electrons. The van der Waals surface area contributed by atoms with Crippen LogP contribution in [0.15, 0.2) is 84.9 Å². The van der Waals surface area contributed by atoms with Gasteiger partial charge in [0, 0.05) is 0 Å². The molecule has 0 aromatic heterocycles. The first-order valence-corrected chi connectivity index (χ1v) is 24.3. The molecule has 0 radical (unpaired) electrons. The van der Waals surface area contributed by atoms with Crippen molar-refractivity contribution in [2.75, 3.05) is 0 Å². The second-order valence-corrected chi connectivity index (χ2v) is 25.3. The Morgan fingerprint density at radius 1 is 0.580 bits per heavy atom. The molecule has 0 N–H and O–H groups in total. The van der Waals surface area contributed by atoms with Gasteiger partial charge in [-0.25, -0.2) is 0 Å². The zero-order chi connectivity index (χ0) is 34.9. The van der Waals surface area contributed by atoms with Gasteiger partial charge in [-0.15, -0.1) is 0 Å². The Kier molecular flexibility index (Phi) is 9.35. The minimum absolute atomic E-state index is 0.217. The predicted molar refractivity (Wildman–Crippen MR) is 217 cm³/mol. The summed E-state index contributed by atoms with van der Waals surface area (Å²) >= 11 is 0. The van der Waals surface area contributed by atoms with Crippen molar-refractivity contribution in [2.45, 2.75) is 140 Å². The Balaban J connectivity index is 1.19. The fraction of sp³-hybridized carbons (Fsp3) is 0.633. The summed E-state index contributed by atoms with van der Waals surface area (Å²) in [6.07, 6.45) is 11.6. The summed E-state index contributed by atoms with van der Waals surface area (Å²) in [6, 6.07) is 34.1. The smallest absolute Gasteiger partial charge is 0.0547 e. The third-order valence-corrected chi connectivity index (χ3v) is 21.6. The zero-order valence-electron chi connectivity index (χ0n) is 32.8. The van der Waals surface area contributed by atoms with E-state index in [1.165, 1.54) is 56.9 Å². The van der Waals surface area contributed by atoms with Gasteiger partial charge in [0.15, 0.2) is 0 Å². The Labute approximate surface area is 307 Å². The van der Waals surface area contributed by atoms with Crippen LogP contribution in [0.1, 0.15) is 133 Å². The number of hydrogen-bond donors (Lipinski definition) is 0. The lowest BCUT2D eigenvalue weighted by atomic mass is 9.56. The Morgan fingerprint density at radius 3 is 1.74 bits per heavy atom. The Hall–Kier alpha value is -2.12. The summed E-state index contributed by atoms with van der Waals surface area (Å²) in [7, 11) is -1.76. The van der Waals surface area contributed by atoms with Crippen LogP contribution in [0.2, 0.25) is 24.2 Å². The normalized spacial score (nSPS) is 38.5. The molecule has 3 aromatic carbocycles. The third-order valence-electron chi connectivity index (χ3n) is 16.3. The monoisotopic (exact) mass is 685 g/mol. The molecule has 0 saturated heterocycles. The van der Waals surface area contributed by atoms with E-state index in [2.05, 4.69) is 140 Å². The average molecular weight is 685 g/mol. The van der Waals surface area contributed by atoms with Crippen molar-refractivity contribution in [3.63, 3.8) is 0 Å². The zero-order valence-corrected chi connectivity index (χ0v) is 33.8. The average Bonchev–Trinajstić information content (AvgIpc) is 3.83. The quantitative estimate of drug-likeness (QED) is 0.227. The molecule has 0 amide bonds. The van der Waals surface area contributed by atoms with Gasteiger partial charge >= 0.3 is 0 Å². The van der Waals surface area contributed by atoms with E-state index in [1.54, 1.807) is 16.7 Å². The van der Waals surface area contributed by atoms with Gasteiger partial charge in [-0.05, 0) is 142 Å². The van der Waals surface area contributed by atoms with Crippen LogP contribution in [0.4, 0.5) is 0 Å². The van der Waals surface area contributed by atoms with Crippen molar-refractivity contribution in [3.8, 4) is 0 Å². The molecule has 1 heteroatoms.